The minimum absolute atomic E-state index is 0.0240. The predicted molar refractivity (Wildman–Crippen MR) is 158 cm³/mol. The van der Waals surface area contributed by atoms with E-state index >= 15 is 0 Å². The number of imidazole rings is 1. The van der Waals surface area contributed by atoms with Gasteiger partial charge >= 0.3 is 5.69 Å². The summed E-state index contributed by atoms with van der Waals surface area (Å²) in [7, 11) is 4.42. The molecule has 1 fully saturated rings. The Hall–Kier alpha value is -4.74. The molecular formula is C31H35FN6O5. The molecule has 2 heterocycles. The highest BCUT2D eigenvalue weighted by Crippen LogP contribution is 2.27. The third kappa shape index (κ3) is 6.23. The van der Waals surface area contributed by atoms with E-state index in [1.165, 1.54) is 58.7 Å². The van der Waals surface area contributed by atoms with Crippen molar-refractivity contribution in [1.29, 1.82) is 0 Å². The van der Waals surface area contributed by atoms with Gasteiger partial charge in [0.05, 0.1) is 13.4 Å². The van der Waals surface area contributed by atoms with E-state index in [4.69, 9.17) is 4.74 Å². The topological polar surface area (TPSA) is 120 Å². The third-order valence-corrected chi connectivity index (χ3v) is 8.05. The van der Waals surface area contributed by atoms with E-state index in [-0.39, 0.29) is 36.2 Å². The van der Waals surface area contributed by atoms with Gasteiger partial charge in [0.15, 0.2) is 11.2 Å². The zero-order valence-electron chi connectivity index (χ0n) is 24.5. The van der Waals surface area contributed by atoms with Crippen molar-refractivity contribution < 1.29 is 18.7 Å². The first-order chi connectivity index (χ1) is 20.7. The highest BCUT2D eigenvalue weighted by Gasteiger charge is 2.33. The number of aromatic nitrogens is 4. The van der Waals surface area contributed by atoms with Gasteiger partial charge in [-0.05, 0) is 48.2 Å². The van der Waals surface area contributed by atoms with Crippen LogP contribution in [0.2, 0.25) is 0 Å². The van der Waals surface area contributed by atoms with Crippen molar-refractivity contribution in [2.75, 3.05) is 7.11 Å². The van der Waals surface area contributed by atoms with Crippen LogP contribution in [0.1, 0.15) is 49.3 Å². The van der Waals surface area contributed by atoms with Gasteiger partial charge < -0.3 is 19.5 Å². The Morgan fingerprint density at radius 3 is 2.35 bits per heavy atom. The van der Waals surface area contributed by atoms with Crippen LogP contribution in [0.15, 0.2) is 64.4 Å². The van der Waals surface area contributed by atoms with Crippen LogP contribution in [0.25, 0.3) is 11.2 Å². The number of methoxy groups -OCH3 is 1. The number of fused-ring (bicyclic) bond motifs is 1. The SMILES string of the molecule is COc1ccc(CN(C(=O)Cn2cnc3c2c(=O)n(C)c(=O)n3C)C(C(=O)NC2CCCCC2)c2ccc(F)cc2)cc1. The van der Waals surface area contributed by atoms with Crippen molar-refractivity contribution in [3.05, 3.63) is 92.6 Å². The lowest BCUT2D eigenvalue weighted by atomic mass is 9.94. The van der Waals surface area contributed by atoms with E-state index in [1.807, 2.05) is 0 Å². The summed E-state index contributed by atoms with van der Waals surface area (Å²) in [5.41, 5.74) is 0.298. The van der Waals surface area contributed by atoms with Gasteiger partial charge in [-0.1, -0.05) is 43.5 Å². The number of ether oxygens (including phenoxy) is 1. The van der Waals surface area contributed by atoms with Crippen molar-refractivity contribution in [2.45, 2.75) is 57.3 Å². The fourth-order valence-electron chi connectivity index (χ4n) is 5.65. The van der Waals surface area contributed by atoms with Gasteiger partial charge in [0.25, 0.3) is 5.56 Å². The van der Waals surface area contributed by atoms with Crippen molar-refractivity contribution >= 4 is 23.0 Å². The number of carbonyl (C=O) groups excluding carboxylic acids is 2. The monoisotopic (exact) mass is 590 g/mol. The Bertz CT molecular complexity index is 1740. The molecule has 5 rings (SSSR count). The van der Waals surface area contributed by atoms with E-state index in [0.29, 0.717) is 11.3 Å². The quantitative estimate of drug-likeness (QED) is 0.320. The van der Waals surface area contributed by atoms with E-state index in [1.54, 1.807) is 31.4 Å². The fraction of sp³-hybridized carbons (Fsp3) is 0.387. The van der Waals surface area contributed by atoms with Gasteiger partial charge in [-0.2, -0.15) is 0 Å². The van der Waals surface area contributed by atoms with Crippen LogP contribution >= 0.6 is 0 Å². The number of carbonyl (C=O) groups is 2. The van der Waals surface area contributed by atoms with Crippen LogP contribution in [-0.4, -0.2) is 48.6 Å². The molecule has 1 saturated carbocycles. The molecule has 2 aromatic carbocycles. The molecule has 1 atom stereocenters. The van der Waals surface area contributed by atoms with Crippen molar-refractivity contribution in [2.24, 2.45) is 14.1 Å². The second-order valence-corrected chi connectivity index (χ2v) is 10.9. The normalized spacial score (nSPS) is 14.4. The summed E-state index contributed by atoms with van der Waals surface area (Å²) >= 11 is 0. The number of hydrogen-bond acceptors (Lipinski definition) is 6. The number of nitrogens with zero attached hydrogens (tertiary/aromatic N) is 5. The third-order valence-electron chi connectivity index (χ3n) is 8.05. The molecule has 2 amide bonds. The Labute approximate surface area is 247 Å². The summed E-state index contributed by atoms with van der Waals surface area (Å²) < 4.78 is 22.8. The van der Waals surface area contributed by atoms with E-state index < -0.39 is 29.0 Å². The molecule has 0 spiro atoms. The van der Waals surface area contributed by atoms with Crippen LogP contribution < -0.4 is 21.3 Å². The average Bonchev–Trinajstić information content (AvgIpc) is 3.44. The summed E-state index contributed by atoms with van der Waals surface area (Å²) in [6, 6.07) is 11.6. The maximum absolute atomic E-state index is 14.2. The first-order valence-electron chi connectivity index (χ1n) is 14.3. The lowest BCUT2D eigenvalue weighted by Gasteiger charge is -2.33. The number of rotatable bonds is 9. The summed E-state index contributed by atoms with van der Waals surface area (Å²) in [5.74, 6) is -0.666. The highest BCUT2D eigenvalue weighted by molar-refractivity contribution is 5.89. The van der Waals surface area contributed by atoms with Crippen molar-refractivity contribution in [3.63, 3.8) is 0 Å². The van der Waals surface area contributed by atoms with Crippen LogP contribution in [0.4, 0.5) is 4.39 Å². The average molecular weight is 591 g/mol. The number of benzene rings is 2. The first-order valence-corrected chi connectivity index (χ1v) is 14.3. The van der Waals surface area contributed by atoms with Gasteiger partial charge in [-0.3, -0.25) is 23.5 Å². The molecule has 1 unspecified atom stereocenters. The number of aryl methyl sites for hydroxylation is 1. The van der Waals surface area contributed by atoms with Gasteiger partial charge in [0, 0.05) is 26.7 Å². The van der Waals surface area contributed by atoms with Crippen LogP contribution in [-0.2, 0) is 36.8 Å². The summed E-state index contributed by atoms with van der Waals surface area (Å²) in [6.07, 6.45) is 6.15. The lowest BCUT2D eigenvalue weighted by molar-refractivity contribution is -0.142. The van der Waals surface area contributed by atoms with Gasteiger partial charge in [0.1, 0.15) is 24.2 Å². The Morgan fingerprint density at radius 2 is 1.70 bits per heavy atom. The number of amides is 2. The second-order valence-electron chi connectivity index (χ2n) is 10.9. The van der Waals surface area contributed by atoms with Crippen molar-refractivity contribution in [3.8, 4) is 5.75 Å². The standard InChI is InChI=1S/C31H35FN6O5/c1-35-28-27(30(41)36(2)31(35)42)37(19-33-28)18-25(39)38(17-20-9-15-24(43-3)16-10-20)26(21-11-13-22(32)14-12-21)29(40)34-23-7-5-4-6-8-23/h9-16,19,23,26H,4-8,17-18H2,1-3H3,(H,34,40). The summed E-state index contributed by atoms with van der Waals surface area (Å²) in [6.45, 7) is -0.277. The van der Waals surface area contributed by atoms with Gasteiger partial charge in [0.2, 0.25) is 11.8 Å². The second kappa shape index (κ2) is 12.6. The van der Waals surface area contributed by atoms with E-state index in [0.717, 1.165) is 42.2 Å². The molecule has 1 aliphatic rings. The van der Waals surface area contributed by atoms with Gasteiger partial charge in [-0.15, -0.1) is 0 Å². The van der Waals surface area contributed by atoms with Crippen molar-refractivity contribution in [1.82, 2.24) is 28.9 Å². The van der Waals surface area contributed by atoms with E-state index in [9.17, 15) is 23.6 Å². The zero-order chi connectivity index (χ0) is 30.7. The Kier molecular flexibility index (Phi) is 8.74. The molecule has 226 valence electrons. The molecule has 12 heteroatoms. The maximum Gasteiger partial charge on any atom is 0.332 e. The minimum atomic E-state index is -1.08. The summed E-state index contributed by atoms with van der Waals surface area (Å²) in [5, 5.41) is 3.13. The molecule has 0 saturated heterocycles. The van der Waals surface area contributed by atoms with Crippen LogP contribution in [0, 0.1) is 5.82 Å². The van der Waals surface area contributed by atoms with Gasteiger partial charge in [-0.25, -0.2) is 14.2 Å². The number of halogens is 1. The maximum atomic E-state index is 14.2. The molecule has 0 bridgehead atoms. The molecule has 11 nitrogen and oxygen atoms in total. The fourth-order valence-corrected chi connectivity index (χ4v) is 5.65. The highest BCUT2D eigenvalue weighted by atomic mass is 19.1. The molecule has 1 N–H and O–H groups in total. The molecule has 1 aliphatic carbocycles. The van der Waals surface area contributed by atoms with Crippen LogP contribution in [0.3, 0.4) is 0 Å². The molecule has 0 aliphatic heterocycles. The molecular weight excluding hydrogens is 555 g/mol. The Morgan fingerprint density at radius 1 is 1.02 bits per heavy atom. The molecule has 0 radical (unpaired) electrons. The molecule has 2 aromatic heterocycles. The zero-order valence-corrected chi connectivity index (χ0v) is 24.5. The largest absolute Gasteiger partial charge is 0.497 e. The van der Waals surface area contributed by atoms with Crippen LogP contribution in [0.5, 0.6) is 5.75 Å². The number of nitrogens with one attached hydrogen (secondary N) is 1. The molecule has 43 heavy (non-hydrogen) atoms. The lowest BCUT2D eigenvalue weighted by Crippen LogP contribution is -2.47. The van der Waals surface area contributed by atoms with E-state index in [2.05, 4.69) is 10.3 Å². The smallest absolute Gasteiger partial charge is 0.332 e. The number of hydrogen-bond donors (Lipinski definition) is 1. The minimum Gasteiger partial charge on any atom is -0.497 e. The first kappa shape index (κ1) is 29.7. The predicted octanol–water partition coefficient (Wildman–Crippen LogP) is 2.80. The molecule has 4 aromatic rings. The summed E-state index contributed by atoms with van der Waals surface area (Å²) in [4.78, 5) is 59.4. The Balaban J connectivity index is 1.57.